The van der Waals surface area contributed by atoms with Crippen molar-refractivity contribution in [3.05, 3.63) is 0 Å². The Balaban J connectivity index is 1.86. The number of likely N-dealkylation sites (tertiary alicyclic amines) is 1. The zero-order chi connectivity index (χ0) is 10.8. The summed E-state index contributed by atoms with van der Waals surface area (Å²) in [4.78, 5) is 2.66. The van der Waals surface area contributed by atoms with E-state index in [0.717, 1.165) is 17.8 Å². The normalized spacial score (nSPS) is 33.6. The lowest BCUT2D eigenvalue weighted by Crippen LogP contribution is -2.46. The predicted molar refractivity (Wildman–Crippen MR) is 62.9 cm³/mol. The van der Waals surface area contributed by atoms with Gasteiger partial charge in [-0.25, -0.2) is 0 Å². The van der Waals surface area contributed by atoms with Crippen molar-refractivity contribution >= 4 is 0 Å². The van der Waals surface area contributed by atoms with Crippen LogP contribution in [0.3, 0.4) is 0 Å². The summed E-state index contributed by atoms with van der Waals surface area (Å²) in [5.41, 5.74) is 0. The van der Waals surface area contributed by atoms with Crippen molar-refractivity contribution in [2.24, 2.45) is 17.8 Å². The standard InChI is InChI=1S/C13H25NO/c1-10(2)12-9-14(8-11-4-5-11)7-6-13(12)15-3/h10-13H,4-9H2,1-3H3/t12-,13-/m1/s1. The molecule has 2 fully saturated rings. The first-order chi connectivity index (χ1) is 7.20. The Hall–Kier alpha value is -0.0800. The molecule has 2 rings (SSSR count). The molecule has 0 radical (unpaired) electrons. The van der Waals surface area contributed by atoms with E-state index in [4.69, 9.17) is 4.74 Å². The highest BCUT2D eigenvalue weighted by Crippen LogP contribution is 2.33. The van der Waals surface area contributed by atoms with E-state index < -0.39 is 0 Å². The summed E-state index contributed by atoms with van der Waals surface area (Å²) in [5.74, 6) is 2.51. The molecule has 0 aromatic carbocycles. The van der Waals surface area contributed by atoms with Gasteiger partial charge in [-0.05, 0) is 31.1 Å². The molecule has 1 aliphatic heterocycles. The average molecular weight is 211 g/mol. The van der Waals surface area contributed by atoms with Gasteiger partial charge in [-0.3, -0.25) is 0 Å². The molecule has 2 nitrogen and oxygen atoms in total. The molecule has 88 valence electrons. The van der Waals surface area contributed by atoms with Crippen molar-refractivity contribution in [2.45, 2.75) is 39.2 Å². The fourth-order valence-electron chi connectivity index (χ4n) is 2.80. The Morgan fingerprint density at radius 3 is 2.53 bits per heavy atom. The maximum atomic E-state index is 5.61. The minimum Gasteiger partial charge on any atom is -0.381 e. The van der Waals surface area contributed by atoms with Gasteiger partial charge in [0.2, 0.25) is 0 Å². The van der Waals surface area contributed by atoms with Gasteiger partial charge in [-0.2, -0.15) is 0 Å². The molecule has 1 saturated carbocycles. The molecule has 15 heavy (non-hydrogen) atoms. The van der Waals surface area contributed by atoms with Gasteiger partial charge in [0.05, 0.1) is 6.10 Å². The lowest BCUT2D eigenvalue weighted by atomic mass is 9.85. The van der Waals surface area contributed by atoms with E-state index in [9.17, 15) is 0 Å². The van der Waals surface area contributed by atoms with Crippen molar-refractivity contribution < 1.29 is 4.74 Å². The van der Waals surface area contributed by atoms with E-state index in [-0.39, 0.29) is 0 Å². The summed E-state index contributed by atoms with van der Waals surface area (Å²) in [6.07, 6.45) is 4.67. The van der Waals surface area contributed by atoms with Crippen LogP contribution in [0.1, 0.15) is 33.1 Å². The van der Waals surface area contributed by atoms with E-state index in [2.05, 4.69) is 18.7 Å². The van der Waals surface area contributed by atoms with E-state index in [1.165, 1.54) is 38.9 Å². The van der Waals surface area contributed by atoms with Crippen LogP contribution in [0.2, 0.25) is 0 Å². The van der Waals surface area contributed by atoms with Crippen molar-refractivity contribution in [1.82, 2.24) is 4.90 Å². The second-order valence-electron chi connectivity index (χ2n) is 5.67. The van der Waals surface area contributed by atoms with Crippen molar-refractivity contribution in [3.8, 4) is 0 Å². The maximum Gasteiger partial charge on any atom is 0.0626 e. The molecule has 0 amide bonds. The lowest BCUT2D eigenvalue weighted by Gasteiger charge is -2.40. The highest BCUT2D eigenvalue weighted by atomic mass is 16.5. The summed E-state index contributed by atoms with van der Waals surface area (Å²) < 4.78 is 5.61. The summed E-state index contributed by atoms with van der Waals surface area (Å²) in [5, 5.41) is 0. The quantitative estimate of drug-likeness (QED) is 0.708. The zero-order valence-corrected chi connectivity index (χ0v) is 10.4. The molecule has 2 heteroatoms. The Kier molecular flexibility index (Phi) is 3.68. The predicted octanol–water partition coefficient (Wildman–Crippen LogP) is 2.39. The Bertz CT molecular complexity index is 201. The van der Waals surface area contributed by atoms with Crippen molar-refractivity contribution in [3.63, 3.8) is 0 Å². The first kappa shape index (κ1) is 11.4. The van der Waals surface area contributed by atoms with Crippen LogP contribution in [-0.4, -0.2) is 37.7 Å². The second kappa shape index (κ2) is 4.84. The molecule has 0 N–H and O–H groups in total. The van der Waals surface area contributed by atoms with Gasteiger partial charge in [0.15, 0.2) is 0 Å². The minimum absolute atomic E-state index is 0.500. The van der Waals surface area contributed by atoms with Gasteiger partial charge in [-0.15, -0.1) is 0 Å². The fourth-order valence-corrected chi connectivity index (χ4v) is 2.80. The summed E-state index contributed by atoms with van der Waals surface area (Å²) in [7, 11) is 1.87. The lowest BCUT2D eigenvalue weighted by molar-refractivity contribution is -0.0246. The fraction of sp³-hybridized carbons (Fsp3) is 1.00. The summed E-state index contributed by atoms with van der Waals surface area (Å²) in [6, 6.07) is 0. The van der Waals surface area contributed by atoms with E-state index in [1.54, 1.807) is 0 Å². The number of methoxy groups -OCH3 is 1. The molecule has 1 heterocycles. The topological polar surface area (TPSA) is 12.5 Å². The molecule has 2 atom stereocenters. The van der Waals surface area contributed by atoms with Crippen LogP contribution in [0.5, 0.6) is 0 Å². The van der Waals surface area contributed by atoms with Crippen LogP contribution < -0.4 is 0 Å². The van der Waals surface area contributed by atoms with Crippen LogP contribution >= 0.6 is 0 Å². The van der Waals surface area contributed by atoms with Crippen molar-refractivity contribution in [2.75, 3.05) is 26.7 Å². The molecular weight excluding hydrogens is 186 g/mol. The maximum absolute atomic E-state index is 5.61. The number of hydrogen-bond acceptors (Lipinski definition) is 2. The first-order valence-corrected chi connectivity index (χ1v) is 6.46. The molecule has 0 aromatic heterocycles. The smallest absolute Gasteiger partial charge is 0.0626 e. The van der Waals surface area contributed by atoms with Crippen LogP contribution in [-0.2, 0) is 4.74 Å². The third-order valence-electron chi connectivity index (χ3n) is 4.05. The Morgan fingerprint density at radius 2 is 2.00 bits per heavy atom. The average Bonchev–Trinajstić information content (AvgIpc) is 3.01. The third-order valence-corrected chi connectivity index (χ3v) is 4.05. The molecule has 1 aliphatic carbocycles. The van der Waals surface area contributed by atoms with Gasteiger partial charge in [-0.1, -0.05) is 13.8 Å². The molecule has 1 saturated heterocycles. The van der Waals surface area contributed by atoms with Crippen LogP contribution in [0.15, 0.2) is 0 Å². The number of hydrogen-bond donors (Lipinski definition) is 0. The number of rotatable bonds is 4. The molecule has 0 aromatic rings. The van der Waals surface area contributed by atoms with Gasteiger partial charge in [0.1, 0.15) is 0 Å². The minimum atomic E-state index is 0.500. The number of ether oxygens (including phenoxy) is 1. The van der Waals surface area contributed by atoms with Crippen LogP contribution in [0.4, 0.5) is 0 Å². The summed E-state index contributed by atoms with van der Waals surface area (Å²) in [6.45, 7) is 8.51. The van der Waals surface area contributed by atoms with Gasteiger partial charge in [0.25, 0.3) is 0 Å². The molecule has 0 bridgehead atoms. The largest absolute Gasteiger partial charge is 0.381 e. The highest BCUT2D eigenvalue weighted by molar-refractivity contribution is 4.86. The number of piperidine rings is 1. The third kappa shape index (κ3) is 2.94. The van der Waals surface area contributed by atoms with Crippen molar-refractivity contribution in [1.29, 1.82) is 0 Å². The first-order valence-electron chi connectivity index (χ1n) is 6.46. The van der Waals surface area contributed by atoms with Gasteiger partial charge in [0, 0.05) is 32.7 Å². The van der Waals surface area contributed by atoms with Gasteiger partial charge >= 0.3 is 0 Å². The van der Waals surface area contributed by atoms with E-state index in [0.29, 0.717) is 6.10 Å². The Morgan fingerprint density at radius 1 is 1.27 bits per heavy atom. The van der Waals surface area contributed by atoms with Crippen LogP contribution in [0, 0.1) is 17.8 Å². The van der Waals surface area contributed by atoms with Gasteiger partial charge < -0.3 is 9.64 Å². The van der Waals surface area contributed by atoms with E-state index in [1.807, 2.05) is 7.11 Å². The number of nitrogens with zero attached hydrogens (tertiary/aromatic N) is 1. The molecule has 2 aliphatic rings. The van der Waals surface area contributed by atoms with Crippen LogP contribution in [0.25, 0.3) is 0 Å². The van der Waals surface area contributed by atoms with E-state index >= 15 is 0 Å². The molecule has 0 unspecified atom stereocenters. The monoisotopic (exact) mass is 211 g/mol. The zero-order valence-electron chi connectivity index (χ0n) is 10.4. The molecule has 0 spiro atoms. The SMILES string of the molecule is CO[C@@H]1CCN(CC2CC2)C[C@@H]1C(C)C. The highest BCUT2D eigenvalue weighted by Gasteiger charge is 2.33. The Labute approximate surface area is 94.0 Å². The summed E-state index contributed by atoms with van der Waals surface area (Å²) >= 11 is 0. The molecular formula is C13H25NO. The second-order valence-corrected chi connectivity index (χ2v) is 5.67.